The van der Waals surface area contributed by atoms with Crippen LogP contribution in [0, 0.1) is 11.8 Å². The van der Waals surface area contributed by atoms with Gasteiger partial charge in [0.1, 0.15) is 6.61 Å². The lowest BCUT2D eigenvalue weighted by Crippen LogP contribution is -2.60. The SMILES string of the molecule is C=C(C)C(=O)OCCOC12CC3CC(CC(O)(C3)C1)C2. The molecule has 0 heterocycles. The third-order valence-corrected chi connectivity index (χ3v) is 5.05. The van der Waals surface area contributed by atoms with Crippen LogP contribution in [0.2, 0.25) is 0 Å². The fourth-order valence-corrected chi connectivity index (χ4v) is 4.82. The maximum atomic E-state index is 11.3. The van der Waals surface area contributed by atoms with E-state index in [0.717, 1.165) is 32.1 Å². The van der Waals surface area contributed by atoms with Crippen molar-refractivity contribution in [3.05, 3.63) is 12.2 Å². The van der Waals surface area contributed by atoms with Crippen LogP contribution in [0.4, 0.5) is 0 Å². The van der Waals surface area contributed by atoms with Gasteiger partial charge in [0.2, 0.25) is 0 Å². The monoisotopic (exact) mass is 280 g/mol. The van der Waals surface area contributed by atoms with Gasteiger partial charge in [-0.25, -0.2) is 4.79 Å². The number of hydrogen-bond acceptors (Lipinski definition) is 4. The summed E-state index contributed by atoms with van der Waals surface area (Å²) in [5.41, 5.74) is -0.262. The number of esters is 1. The molecule has 1 N–H and O–H groups in total. The molecule has 112 valence electrons. The van der Waals surface area contributed by atoms with Crippen LogP contribution < -0.4 is 0 Å². The van der Waals surface area contributed by atoms with Crippen molar-refractivity contribution >= 4 is 5.97 Å². The van der Waals surface area contributed by atoms with Crippen molar-refractivity contribution in [1.29, 1.82) is 0 Å². The van der Waals surface area contributed by atoms with Gasteiger partial charge >= 0.3 is 5.97 Å². The third-order valence-electron chi connectivity index (χ3n) is 5.05. The standard InChI is InChI=1S/C16H24O4/c1-11(2)14(17)19-3-4-20-16-8-12-5-13(9-16)7-15(18,6-12)10-16/h12-13,18H,1,3-10H2,2H3. The zero-order chi connectivity index (χ0) is 14.4. The summed E-state index contributed by atoms with van der Waals surface area (Å²) in [4.78, 5) is 11.3. The highest BCUT2D eigenvalue weighted by molar-refractivity contribution is 5.86. The fourth-order valence-electron chi connectivity index (χ4n) is 4.82. The van der Waals surface area contributed by atoms with Crippen molar-refractivity contribution < 1.29 is 19.4 Å². The Kier molecular flexibility index (Phi) is 3.41. The van der Waals surface area contributed by atoms with Crippen molar-refractivity contribution in [2.24, 2.45) is 11.8 Å². The molecule has 4 aliphatic carbocycles. The van der Waals surface area contributed by atoms with E-state index in [9.17, 15) is 9.90 Å². The van der Waals surface area contributed by atoms with E-state index in [1.165, 1.54) is 6.42 Å². The molecule has 4 aliphatic rings. The van der Waals surface area contributed by atoms with Gasteiger partial charge in [-0.05, 0) is 50.9 Å². The molecule has 4 fully saturated rings. The fraction of sp³-hybridized carbons (Fsp3) is 0.812. The largest absolute Gasteiger partial charge is 0.460 e. The van der Waals surface area contributed by atoms with Gasteiger partial charge in [0.25, 0.3) is 0 Å². The minimum absolute atomic E-state index is 0.172. The average Bonchev–Trinajstić information content (AvgIpc) is 2.31. The Balaban J connectivity index is 1.53. The highest BCUT2D eigenvalue weighted by atomic mass is 16.6. The number of carbonyl (C=O) groups is 1. The van der Waals surface area contributed by atoms with Crippen molar-refractivity contribution in [3.8, 4) is 0 Å². The summed E-state index contributed by atoms with van der Waals surface area (Å²) in [6.45, 7) is 5.86. The van der Waals surface area contributed by atoms with Gasteiger partial charge in [0.15, 0.2) is 0 Å². The van der Waals surface area contributed by atoms with E-state index < -0.39 is 5.60 Å². The topological polar surface area (TPSA) is 55.8 Å². The second-order valence-electron chi connectivity index (χ2n) is 7.13. The summed E-state index contributed by atoms with van der Waals surface area (Å²) in [5, 5.41) is 10.6. The molecule has 0 aromatic carbocycles. The van der Waals surface area contributed by atoms with E-state index in [-0.39, 0.29) is 18.2 Å². The number of ether oxygens (including phenoxy) is 2. The molecule has 4 nitrogen and oxygen atoms in total. The third kappa shape index (κ3) is 2.63. The molecule has 0 saturated heterocycles. The van der Waals surface area contributed by atoms with E-state index in [4.69, 9.17) is 9.47 Å². The number of aliphatic hydroxyl groups is 1. The lowest BCUT2D eigenvalue weighted by Gasteiger charge is -2.59. The normalized spacial score (nSPS) is 41.7. The molecule has 4 bridgehead atoms. The summed E-state index contributed by atoms with van der Waals surface area (Å²) in [7, 11) is 0. The van der Waals surface area contributed by atoms with Crippen LogP contribution >= 0.6 is 0 Å². The molecule has 0 aliphatic heterocycles. The first-order chi connectivity index (χ1) is 9.40. The predicted octanol–water partition coefficient (Wildman–Crippen LogP) is 2.21. The molecule has 4 saturated carbocycles. The lowest BCUT2D eigenvalue weighted by atomic mass is 9.52. The minimum Gasteiger partial charge on any atom is -0.460 e. The molecule has 4 heteroatoms. The molecule has 20 heavy (non-hydrogen) atoms. The molecule has 0 radical (unpaired) electrons. The van der Waals surface area contributed by atoms with Crippen LogP contribution in [0.25, 0.3) is 0 Å². The van der Waals surface area contributed by atoms with Gasteiger partial charge in [-0.2, -0.15) is 0 Å². The molecule has 0 spiro atoms. The van der Waals surface area contributed by atoms with E-state index in [1.54, 1.807) is 6.92 Å². The second-order valence-corrected chi connectivity index (χ2v) is 7.13. The first-order valence-electron chi connectivity index (χ1n) is 7.59. The zero-order valence-electron chi connectivity index (χ0n) is 12.2. The summed E-state index contributed by atoms with van der Waals surface area (Å²) in [6, 6.07) is 0. The predicted molar refractivity (Wildman–Crippen MR) is 74.1 cm³/mol. The Morgan fingerprint density at radius 2 is 1.90 bits per heavy atom. The Labute approximate surface area is 120 Å². The average molecular weight is 280 g/mol. The van der Waals surface area contributed by atoms with Crippen molar-refractivity contribution in [2.75, 3.05) is 13.2 Å². The summed E-state index contributed by atoms with van der Waals surface area (Å²) in [6.07, 6.45) is 6.00. The zero-order valence-corrected chi connectivity index (χ0v) is 12.2. The Morgan fingerprint density at radius 1 is 1.25 bits per heavy atom. The van der Waals surface area contributed by atoms with E-state index in [0.29, 0.717) is 24.0 Å². The van der Waals surface area contributed by atoms with E-state index >= 15 is 0 Å². The van der Waals surface area contributed by atoms with Crippen LogP contribution in [0.5, 0.6) is 0 Å². The molecular formula is C16H24O4. The van der Waals surface area contributed by atoms with Crippen LogP contribution in [0.1, 0.15) is 45.4 Å². The smallest absolute Gasteiger partial charge is 0.333 e. The maximum Gasteiger partial charge on any atom is 0.333 e. The highest BCUT2D eigenvalue weighted by Crippen LogP contribution is 2.58. The van der Waals surface area contributed by atoms with Crippen molar-refractivity contribution in [3.63, 3.8) is 0 Å². The number of rotatable bonds is 5. The Morgan fingerprint density at radius 3 is 2.45 bits per heavy atom. The van der Waals surface area contributed by atoms with Crippen LogP contribution in [-0.2, 0) is 14.3 Å². The molecule has 0 amide bonds. The Hall–Kier alpha value is -0.870. The minimum atomic E-state index is -0.502. The van der Waals surface area contributed by atoms with Gasteiger partial charge in [-0.1, -0.05) is 6.58 Å². The number of carbonyl (C=O) groups excluding carboxylic acids is 1. The van der Waals surface area contributed by atoms with Crippen molar-refractivity contribution in [2.45, 2.75) is 56.7 Å². The lowest BCUT2D eigenvalue weighted by molar-refractivity contribution is -0.223. The first-order valence-corrected chi connectivity index (χ1v) is 7.59. The van der Waals surface area contributed by atoms with Crippen LogP contribution in [0.15, 0.2) is 12.2 Å². The van der Waals surface area contributed by atoms with Gasteiger partial charge in [-0.15, -0.1) is 0 Å². The van der Waals surface area contributed by atoms with Gasteiger partial charge in [0.05, 0.1) is 17.8 Å². The van der Waals surface area contributed by atoms with Gasteiger partial charge < -0.3 is 14.6 Å². The molecule has 2 unspecified atom stereocenters. The van der Waals surface area contributed by atoms with Crippen molar-refractivity contribution in [1.82, 2.24) is 0 Å². The molecule has 0 aromatic heterocycles. The second kappa shape index (κ2) is 4.85. The first kappa shape index (κ1) is 14.1. The van der Waals surface area contributed by atoms with Crippen LogP contribution in [-0.4, -0.2) is 35.5 Å². The van der Waals surface area contributed by atoms with Gasteiger partial charge in [-0.3, -0.25) is 0 Å². The van der Waals surface area contributed by atoms with Gasteiger partial charge in [0, 0.05) is 12.0 Å². The summed E-state index contributed by atoms with van der Waals surface area (Å²) < 4.78 is 11.1. The Bertz CT molecular complexity index is 414. The molecular weight excluding hydrogens is 256 g/mol. The molecule has 0 aromatic rings. The van der Waals surface area contributed by atoms with E-state index in [1.807, 2.05) is 0 Å². The maximum absolute atomic E-state index is 11.3. The van der Waals surface area contributed by atoms with E-state index in [2.05, 4.69) is 6.58 Å². The quantitative estimate of drug-likeness (QED) is 0.476. The highest BCUT2D eigenvalue weighted by Gasteiger charge is 2.57. The summed E-state index contributed by atoms with van der Waals surface area (Å²) in [5.74, 6) is 0.858. The molecule has 4 rings (SSSR count). The number of hydrogen-bond donors (Lipinski definition) is 1. The summed E-state index contributed by atoms with van der Waals surface area (Å²) >= 11 is 0. The van der Waals surface area contributed by atoms with Crippen LogP contribution in [0.3, 0.4) is 0 Å². The molecule has 2 atom stereocenters.